The number of aryl methyl sites for hydroxylation is 4. The molecule has 0 radical (unpaired) electrons. The standard InChI is InChI=1S/C19H25N3O3.C14H17N3O.CH4.ClH/c1-5-16-21-17(22-25-16)13-9-10-14-12(11-13)7-6-8-15(14)20-18(23)24-19(2,3)4;1-2-13-16-14(17-18-13)10-6-7-11-9(8-10)4-3-5-12(11)15;;/h9-11,15H,5-8H2,1-4H3,(H,20,23);6-8,12H,2-5,15H2,1H3;1H4;1H. The Hall–Kier alpha value is -3.76. The van der Waals surface area contributed by atoms with E-state index in [0.717, 1.165) is 68.1 Å². The van der Waals surface area contributed by atoms with E-state index in [1.807, 2.05) is 52.8 Å². The lowest BCUT2D eigenvalue weighted by Gasteiger charge is -2.28. The van der Waals surface area contributed by atoms with Crippen LogP contribution in [-0.4, -0.2) is 32.0 Å². The highest BCUT2D eigenvalue weighted by Crippen LogP contribution is 2.33. The molecule has 10 nitrogen and oxygen atoms in total. The number of aromatic nitrogens is 4. The van der Waals surface area contributed by atoms with E-state index in [2.05, 4.69) is 43.8 Å². The number of hydrogen-bond donors (Lipinski definition) is 2. The highest BCUT2D eigenvalue weighted by molar-refractivity contribution is 5.85. The Morgan fingerprint density at radius 2 is 1.40 bits per heavy atom. The first kappa shape index (κ1) is 35.7. The van der Waals surface area contributed by atoms with Gasteiger partial charge in [0.25, 0.3) is 0 Å². The van der Waals surface area contributed by atoms with Gasteiger partial charge in [-0.25, -0.2) is 4.79 Å². The van der Waals surface area contributed by atoms with Crippen molar-refractivity contribution in [3.05, 3.63) is 70.4 Å². The smallest absolute Gasteiger partial charge is 0.408 e. The molecule has 11 heteroatoms. The fourth-order valence-corrected chi connectivity index (χ4v) is 5.58. The van der Waals surface area contributed by atoms with E-state index in [9.17, 15) is 4.79 Å². The Labute approximate surface area is 272 Å². The quantitative estimate of drug-likeness (QED) is 0.223. The summed E-state index contributed by atoms with van der Waals surface area (Å²) in [6.45, 7) is 9.58. The Bertz CT molecular complexity index is 1560. The Morgan fingerprint density at radius 1 is 0.889 bits per heavy atom. The fraction of sp³-hybridized carbons (Fsp3) is 0.500. The van der Waals surface area contributed by atoms with Gasteiger partial charge < -0.3 is 24.8 Å². The molecular weight excluding hydrogens is 592 g/mol. The van der Waals surface area contributed by atoms with Crippen molar-refractivity contribution >= 4 is 18.5 Å². The van der Waals surface area contributed by atoms with Gasteiger partial charge in [-0.15, -0.1) is 12.4 Å². The second-order valence-corrected chi connectivity index (χ2v) is 12.1. The zero-order valence-corrected chi connectivity index (χ0v) is 27.0. The molecule has 2 aromatic carbocycles. The second-order valence-electron chi connectivity index (χ2n) is 12.1. The van der Waals surface area contributed by atoms with Crippen molar-refractivity contribution in [3.8, 4) is 22.8 Å². The molecular formula is C34H47ClN6O4. The summed E-state index contributed by atoms with van der Waals surface area (Å²) in [7, 11) is 0. The van der Waals surface area contributed by atoms with Crippen molar-refractivity contribution in [1.82, 2.24) is 25.6 Å². The van der Waals surface area contributed by atoms with Crippen LogP contribution in [0, 0.1) is 0 Å². The Morgan fingerprint density at radius 3 is 1.91 bits per heavy atom. The van der Waals surface area contributed by atoms with E-state index in [-0.39, 0.29) is 38.0 Å². The number of benzene rings is 2. The molecule has 0 saturated carbocycles. The largest absolute Gasteiger partial charge is 0.444 e. The van der Waals surface area contributed by atoms with Crippen molar-refractivity contribution < 1.29 is 18.6 Å². The van der Waals surface area contributed by atoms with Gasteiger partial charge in [-0.05, 0) is 93.7 Å². The number of nitrogens with one attached hydrogen (secondary N) is 1. The van der Waals surface area contributed by atoms with E-state index >= 15 is 0 Å². The van der Waals surface area contributed by atoms with Crippen LogP contribution < -0.4 is 11.1 Å². The van der Waals surface area contributed by atoms with Crippen LogP contribution in [0.3, 0.4) is 0 Å². The topological polar surface area (TPSA) is 142 Å². The average molecular weight is 639 g/mol. The lowest BCUT2D eigenvalue weighted by molar-refractivity contribution is 0.0498. The molecule has 0 bridgehead atoms. The van der Waals surface area contributed by atoms with Gasteiger partial charge in [0, 0.05) is 30.0 Å². The highest BCUT2D eigenvalue weighted by Gasteiger charge is 2.25. The van der Waals surface area contributed by atoms with Crippen LogP contribution in [0.15, 0.2) is 45.4 Å². The molecule has 6 rings (SSSR count). The summed E-state index contributed by atoms with van der Waals surface area (Å²) in [5.41, 5.74) is 12.5. The monoisotopic (exact) mass is 638 g/mol. The third-order valence-electron chi connectivity index (χ3n) is 7.71. The summed E-state index contributed by atoms with van der Waals surface area (Å²) in [5, 5.41) is 11.0. The summed E-state index contributed by atoms with van der Waals surface area (Å²) in [6, 6.07) is 12.6. The molecule has 1 amide bonds. The molecule has 2 heterocycles. The first-order chi connectivity index (χ1) is 20.6. The van der Waals surface area contributed by atoms with E-state index in [1.54, 1.807) is 0 Å². The first-order valence-corrected chi connectivity index (χ1v) is 15.3. The first-order valence-electron chi connectivity index (χ1n) is 15.3. The maximum absolute atomic E-state index is 12.1. The van der Waals surface area contributed by atoms with E-state index in [4.69, 9.17) is 19.5 Å². The van der Waals surface area contributed by atoms with Gasteiger partial charge in [-0.3, -0.25) is 0 Å². The number of rotatable bonds is 5. The molecule has 3 N–H and O–H groups in total. The van der Waals surface area contributed by atoms with Gasteiger partial charge >= 0.3 is 6.09 Å². The predicted octanol–water partition coefficient (Wildman–Crippen LogP) is 7.89. The third-order valence-corrected chi connectivity index (χ3v) is 7.71. The third kappa shape index (κ3) is 8.92. The second kappa shape index (κ2) is 15.5. The van der Waals surface area contributed by atoms with Crippen molar-refractivity contribution in [2.75, 3.05) is 0 Å². The van der Waals surface area contributed by atoms with Crippen molar-refractivity contribution in [3.63, 3.8) is 0 Å². The van der Waals surface area contributed by atoms with E-state index in [0.29, 0.717) is 23.4 Å². The van der Waals surface area contributed by atoms with Crippen LogP contribution >= 0.6 is 12.4 Å². The number of halogens is 1. The molecule has 2 atom stereocenters. The van der Waals surface area contributed by atoms with Gasteiger partial charge in [-0.1, -0.05) is 55.9 Å². The highest BCUT2D eigenvalue weighted by atomic mass is 35.5. The summed E-state index contributed by atoms with van der Waals surface area (Å²) in [4.78, 5) is 20.8. The number of fused-ring (bicyclic) bond motifs is 2. The van der Waals surface area contributed by atoms with Gasteiger partial charge in [0.15, 0.2) is 0 Å². The van der Waals surface area contributed by atoms with E-state index < -0.39 is 5.60 Å². The molecule has 0 spiro atoms. The number of hydrogen-bond acceptors (Lipinski definition) is 9. The molecule has 2 unspecified atom stereocenters. The number of alkyl carbamates (subject to hydrolysis) is 1. The number of amides is 1. The summed E-state index contributed by atoms with van der Waals surface area (Å²) in [5.74, 6) is 2.60. The summed E-state index contributed by atoms with van der Waals surface area (Å²) < 4.78 is 15.7. The van der Waals surface area contributed by atoms with Gasteiger partial charge in [0.05, 0.1) is 6.04 Å². The maximum atomic E-state index is 12.1. The SMILES string of the molecule is C.CCc1nc(-c2ccc3c(c2)CCCC3N)no1.CCc1nc(-c2ccc3c(c2)CCCC3NC(=O)OC(C)(C)C)no1.Cl. The molecule has 4 aromatic rings. The molecule has 2 aliphatic carbocycles. The number of nitrogens with two attached hydrogens (primary N) is 1. The predicted molar refractivity (Wildman–Crippen MR) is 177 cm³/mol. The molecule has 2 aromatic heterocycles. The van der Waals surface area contributed by atoms with Crippen LogP contribution in [0.5, 0.6) is 0 Å². The minimum Gasteiger partial charge on any atom is -0.444 e. The van der Waals surface area contributed by atoms with Crippen LogP contribution in [0.4, 0.5) is 4.79 Å². The Balaban J connectivity index is 0.000000246. The van der Waals surface area contributed by atoms with Crippen molar-refractivity contribution in [2.24, 2.45) is 5.73 Å². The van der Waals surface area contributed by atoms with Crippen LogP contribution in [0.1, 0.15) is 114 Å². The molecule has 244 valence electrons. The number of nitrogens with zero attached hydrogens (tertiary/aromatic N) is 4. The average Bonchev–Trinajstić information content (AvgIpc) is 3.67. The molecule has 0 saturated heterocycles. The zero-order chi connectivity index (χ0) is 30.6. The fourth-order valence-electron chi connectivity index (χ4n) is 5.58. The molecule has 45 heavy (non-hydrogen) atoms. The van der Waals surface area contributed by atoms with Gasteiger partial charge in [-0.2, -0.15) is 9.97 Å². The maximum Gasteiger partial charge on any atom is 0.408 e. The molecule has 0 aliphatic heterocycles. The lowest BCUT2D eigenvalue weighted by atomic mass is 9.86. The zero-order valence-electron chi connectivity index (χ0n) is 26.2. The van der Waals surface area contributed by atoms with E-state index in [1.165, 1.54) is 16.7 Å². The van der Waals surface area contributed by atoms with Gasteiger partial charge in [0.1, 0.15) is 5.60 Å². The normalized spacial score (nSPS) is 16.9. The lowest BCUT2D eigenvalue weighted by Crippen LogP contribution is -2.36. The number of carbonyl (C=O) groups excluding carboxylic acids is 1. The van der Waals surface area contributed by atoms with Crippen LogP contribution in [0.25, 0.3) is 22.8 Å². The van der Waals surface area contributed by atoms with Crippen LogP contribution in [0.2, 0.25) is 0 Å². The molecule has 0 fully saturated rings. The minimum absolute atomic E-state index is 0. The minimum atomic E-state index is -0.499. The number of ether oxygens (including phenoxy) is 1. The summed E-state index contributed by atoms with van der Waals surface area (Å²) >= 11 is 0. The van der Waals surface area contributed by atoms with Crippen molar-refractivity contribution in [1.29, 1.82) is 0 Å². The number of carbonyl (C=O) groups is 1. The summed E-state index contributed by atoms with van der Waals surface area (Å²) in [6.07, 6.45) is 7.35. The Kier molecular flexibility index (Phi) is 12.3. The van der Waals surface area contributed by atoms with Crippen molar-refractivity contribution in [2.45, 2.75) is 111 Å². The molecule has 2 aliphatic rings. The van der Waals surface area contributed by atoms with Gasteiger partial charge in [0.2, 0.25) is 23.4 Å². The van der Waals surface area contributed by atoms with Crippen LogP contribution in [-0.2, 0) is 30.4 Å².